The Balaban J connectivity index is 2.16. The number of aliphatic hydroxyl groups is 1. The molecule has 1 heterocycles. The third kappa shape index (κ3) is 2.72. The summed E-state index contributed by atoms with van der Waals surface area (Å²) in [6, 6.07) is 4.38. The number of likely N-dealkylation sites (tertiary alicyclic amines) is 1. The Morgan fingerprint density at radius 1 is 1.56 bits per heavy atom. The van der Waals surface area contributed by atoms with Crippen LogP contribution in [0.3, 0.4) is 0 Å². The third-order valence-corrected chi connectivity index (χ3v) is 3.86. The molecule has 5 heteroatoms. The molecule has 18 heavy (non-hydrogen) atoms. The zero-order chi connectivity index (χ0) is 13.3. The van der Waals surface area contributed by atoms with Gasteiger partial charge in [-0.3, -0.25) is 4.79 Å². The Morgan fingerprint density at radius 2 is 2.28 bits per heavy atom. The minimum atomic E-state index is -0.539. The van der Waals surface area contributed by atoms with Crippen molar-refractivity contribution in [2.75, 3.05) is 13.1 Å². The van der Waals surface area contributed by atoms with E-state index in [4.69, 9.17) is 0 Å². The molecule has 1 aromatic carbocycles. The predicted octanol–water partition coefficient (Wildman–Crippen LogP) is 2.43. The molecule has 1 aromatic rings. The van der Waals surface area contributed by atoms with Crippen LogP contribution in [0.25, 0.3) is 0 Å². The van der Waals surface area contributed by atoms with Gasteiger partial charge in [0.25, 0.3) is 5.91 Å². The minimum absolute atomic E-state index is 0.0555. The Morgan fingerprint density at radius 3 is 2.89 bits per heavy atom. The Bertz CT molecular complexity index is 466. The molecule has 1 saturated heterocycles. The molecule has 0 radical (unpaired) electrons. The van der Waals surface area contributed by atoms with Crippen molar-refractivity contribution in [2.24, 2.45) is 5.92 Å². The number of aliphatic hydroxyl groups excluding tert-OH is 1. The molecular weight excluding hydrogens is 301 g/mol. The van der Waals surface area contributed by atoms with E-state index >= 15 is 0 Å². The number of halogens is 2. The normalized spacial score (nSPS) is 24.1. The van der Waals surface area contributed by atoms with Crippen molar-refractivity contribution in [1.82, 2.24) is 4.90 Å². The van der Waals surface area contributed by atoms with Crippen LogP contribution in [-0.4, -0.2) is 35.1 Å². The van der Waals surface area contributed by atoms with Crippen molar-refractivity contribution in [2.45, 2.75) is 19.4 Å². The van der Waals surface area contributed by atoms with E-state index in [2.05, 4.69) is 15.9 Å². The summed E-state index contributed by atoms with van der Waals surface area (Å²) in [6.45, 7) is 2.79. The van der Waals surface area contributed by atoms with Crippen LogP contribution in [0.15, 0.2) is 22.7 Å². The second-order valence-corrected chi connectivity index (χ2v) is 5.62. The first-order valence-corrected chi connectivity index (χ1v) is 6.70. The third-order valence-electron chi connectivity index (χ3n) is 3.37. The van der Waals surface area contributed by atoms with E-state index in [1.165, 1.54) is 17.0 Å². The molecule has 0 spiro atoms. The van der Waals surface area contributed by atoms with E-state index in [0.29, 0.717) is 11.0 Å². The number of hydrogen-bond donors (Lipinski definition) is 1. The van der Waals surface area contributed by atoms with E-state index in [9.17, 15) is 14.3 Å². The minimum Gasteiger partial charge on any atom is -0.391 e. The number of carbonyl (C=O) groups is 1. The summed E-state index contributed by atoms with van der Waals surface area (Å²) in [7, 11) is 0. The number of nitrogens with zero attached hydrogens (tertiary/aromatic N) is 1. The van der Waals surface area contributed by atoms with Gasteiger partial charge in [-0.2, -0.15) is 0 Å². The van der Waals surface area contributed by atoms with Gasteiger partial charge >= 0.3 is 0 Å². The maximum Gasteiger partial charge on any atom is 0.256 e. The molecule has 1 amide bonds. The molecule has 98 valence electrons. The van der Waals surface area contributed by atoms with E-state index < -0.39 is 11.9 Å². The zero-order valence-electron chi connectivity index (χ0n) is 10.1. The van der Waals surface area contributed by atoms with Crippen molar-refractivity contribution in [3.63, 3.8) is 0 Å². The molecule has 3 nitrogen and oxygen atoms in total. The monoisotopic (exact) mass is 315 g/mol. The van der Waals surface area contributed by atoms with Crippen LogP contribution in [0.2, 0.25) is 0 Å². The Hall–Kier alpha value is -0.940. The Kier molecular flexibility index (Phi) is 4.02. The van der Waals surface area contributed by atoms with E-state index in [-0.39, 0.29) is 23.9 Å². The molecule has 0 bridgehead atoms. The standard InChI is InChI=1S/C13H15BrFNO2/c1-8-4-5-16(7-12(8)17)13(18)10-3-2-9(14)6-11(10)15/h2-3,6,8,12,17H,4-5,7H2,1H3. The molecule has 1 N–H and O–H groups in total. The van der Waals surface area contributed by atoms with Crippen LogP contribution in [0, 0.1) is 11.7 Å². The number of rotatable bonds is 1. The maximum atomic E-state index is 13.7. The predicted molar refractivity (Wildman–Crippen MR) is 69.8 cm³/mol. The van der Waals surface area contributed by atoms with Gasteiger partial charge in [-0.25, -0.2) is 4.39 Å². The second-order valence-electron chi connectivity index (χ2n) is 4.71. The number of hydrogen-bond acceptors (Lipinski definition) is 2. The molecule has 0 aromatic heterocycles. The lowest BCUT2D eigenvalue weighted by Gasteiger charge is -2.34. The number of β-amino-alcohol motifs (C(OH)–C–C–N with tert-alkyl or cyclic N) is 1. The molecule has 1 fully saturated rings. The molecule has 1 aliphatic heterocycles. The summed E-state index contributed by atoms with van der Waals surface area (Å²) in [5, 5.41) is 9.76. The number of benzene rings is 1. The fourth-order valence-electron chi connectivity index (χ4n) is 2.07. The summed E-state index contributed by atoms with van der Waals surface area (Å²) < 4.78 is 14.3. The highest BCUT2D eigenvalue weighted by atomic mass is 79.9. The van der Waals surface area contributed by atoms with Crippen LogP contribution < -0.4 is 0 Å². The van der Waals surface area contributed by atoms with E-state index in [1.807, 2.05) is 6.92 Å². The maximum absolute atomic E-state index is 13.7. The van der Waals surface area contributed by atoms with Gasteiger partial charge in [0.15, 0.2) is 0 Å². The molecule has 1 aliphatic rings. The van der Waals surface area contributed by atoms with Crippen molar-refractivity contribution in [3.8, 4) is 0 Å². The zero-order valence-corrected chi connectivity index (χ0v) is 11.7. The lowest BCUT2D eigenvalue weighted by atomic mass is 9.95. The first kappa shape index (κ1) is 13.5. The summed E-state index contributed by atoms with van der Waals surface area (Å²) in [5.74, 6) is -0.711. The molecule has 2 atom stereocenters. The van der Waals surface area contributed by atoms with Gasteiger partial charge in [0.05, 0.1) is 11.7 Å². The van der Waals surface area contributed by atoms with E-state index in [0.717, 1.165) is 6.42 Å². The molecular formula is C13H15BrFNO2. The summed E-state index contributed by atoms with van der Waals surface area (Å²) >= 11 is 3.15. The molecule has 0 aliphatic carbocycles. The molecule has 0 saturated carbocycles. The molecule has 2 rings (SSSR count). The van der Waals surface area contributed by atoms with Gasteiger partial charge in [-0.1, -0.05) is 22.9 Å². The highest BCUT2D eigenvalue weighted by Gasteiger charge is 2.28. The van der Waals surface area contributed by atoms with Gasteiger partial charge in [0, 0.05) is 17.6 Å². The van der Waals surface area contributed by atoms with Crippen molar-refractivity contribution < 1.29 is 14.3 Å². The average molecular weight is 316 g/mol. The van der Waals surface area contributed by atoms with Crippen LogP contribution in [-0.2, 0) is 0 Å². The van der Waals surface area contributed by atoms with Gasteiger partial charge < -0.3 is 10.0 Å². The van der Waals surface area contributed by atoms with Gasteiger partial charge in [0.2, 0.25) is 0 Å². The van der Waals surface area contributed by atoms with Crippen molar-refractivity contribution >= 4 is 21.8 Å². The lowest BCUT2D eigenvalue weighted by Crippen LogP contribution is -2.46. The average Bonchev–Trinajstić information content (AvgIpc) is 2.32. The van der Waals surface area contributed by atoms with Crippen LogP contribution >= 0.6 is 15.9 Å². The van der Waals surface area contributed by atoms with E-state index in [1.54, 1.807) is 6.07 Å². The fourth-order valence-corrected chi connectivity index (χ4v) is 2.40. The number of amides is 1. The van der Waals surface area contributed by atoms with Crippen molar-refractivity contribution in [1.29, 1.82) is 0 Å². The molecule has 2 unspecified atom stereocenters. The van der Waals surface area contributed by atoms with Crippen LogP contribution in [0.5, 0.6) is 0 Å². The van der Waals surface area contributed by atoms with Crippen LogP contribution in [0.1, 0.15) is 23.7 Å². The summed E-state index contributed by atoms with van der Waals surface area (Å²) in [5.41, 5.74) is 0.0555. The number of piperidine rings is 1. The second kappa shape index (κ2) is 5.36. The summed E-state index contributed by atoms with van der Waals surface area (Å²) in [6.07, 6.45) is 0.214. The fraction of sp³-hybridized carbons (Fsp3) is 0.462. The highest BCUT2D eigenvalue weighted by molar-refractivity contribution is 9.10. The summed E-state index contributed by atoms with van der Waals surface area (Å²) in [4.78, 5) is 13.7. The first-order chi connectivity index (χ1) is 8.49. The first-order valence-electron chi connectivity index (χ1n) is 5.91. The van der Waals surface area contributed by atoms with Gasteiger partial charge in [0.1, 0.15) is 5.82 Å². The quantitative estimate of drug-likeness (QED) is 0.864. The highest BCUT2D eigenvalue weighted by Crippen LogP contribution is 2.21. The van der Waals surface area contributed by atoms with Gasteiger partial charge in [-0.05, 0) is 30.5 Å². The lowest BCUT2D eigenvalue weighted by molar-refractivity contribution is 0.0246. The Labute approximate surface area is 114 Å². The largest absolute Gasteiger partial charge is 0.391 e. The van der Waals surface area contributed by atoms with Crippen LogP contribution in [0.4, 0.5) is 4.39 Å². The van der Waals surface area contributed by atoms with Gasteiger partial charge in [-0.15, -0.1) is 0 Å². The smallest absolute Gasteiger partial charge is 0.256 e. The number of carbonyl (C=O) groups excluding carboxylic acids is 1. The van der Waals surface area contributed by atoms with Crippen molar-refractivity contribution in [3.05, 3.63) is 34.1 Å². The SMILES string of the molecule is CC1CCN(C(=O)c2ccc(Br)cc2F)CC1O. The topological polar surface area (TPSA) is 40.5 Å².